The van der Waals surface area contributed by atoms with Gasteiger partial charge in [0.25, 0.3) is 0 Å². The minimum atomic E-state index is -0.456. The number of hydrogen-bond acceptors (Lipinski definition) is 8. The molecule has 3 aromatic rings. The van der Waals surface area contributed by atoms with Gasteiger partial charge in [0.15, 0.2) is 0 Å². The Balaban J connectivity index is 1.16. The van der Waals surface area contributed by atoms with Crippen LogP contribution >= 0.6 is 0 Å². The van der Waals surface area contributed by atoms with Gasteiger partial charge in [-0.25, -0.2) is 14.4 Å². The van der Waals surface area contributed by atoms with Crippen LogP contribution in [0.25, 0.3) is 11.1 Å². The van der Waals surface area contributed by atoms with E-state index in [1.54, 1.807) is 36.4 Å². The van der Waals surface area contributed by atoms with E-state index < -0.39 is 11.9 Å². The number of unbranched alkanes of at least 4 members (excludes halogenated alkanes) is 1. The second kappa shape index (κ2) is 15.2. The summed E-state index contributed by atoms with van der Waals surface area (Å²) in [5.74, 6) is 0.640. The van der Waals surface area contributed by atoms with Crippen LogP contribution in [0.4, 0.5) is 0 Å². The van der Waals surface area contributed by atoms with Crippen LogP contribution in [0.15, 0.2) is 97.6 Å². The average Bonchev–Trinajstić information content (AvgIpc) is 3.34. The van der Waals surface area contributed by atoms with Crippen LogP contribution in [0.2, 0.25) is 0 Å². The molecule has 218 valence electrons. The molecular formula is C34H34O8. The summed E-state index contributed by atoms with van der Waals surface area (Å²) in [7, 11) is 0. The predicted molar refractivity (Wildman–Crippen MR) is 158 cm³/mol. The zero-order valence-corrected chi connectivity index (χ0v) is 23.4. The fourth-order valence-corrected chi connectivity index (χ4v) is 4.25. The fourth-order valence-electron chi connectivity index (χ4n) is 4.25. The summed E-state index contributed by atoms with van der Waals surface area (Å²) < 4.78 is 27.1. The van der Waals surface area contributed by atoms with Crippen molar-refractivity contribution in [2.75, 3.05) is 19.8 Å². The molecule has 1 heterocycles. The molecule has 0 amide bonds. The maximum Gasteiger partial charge on any atom is 0.343 e. The van der Waals surface area contributed by atoms with Gasteiger partial charge in [-0.05, 0) is 78.9 Å². The van der Waals surface area contributed by atoms with E-state index >= 15 is 0 Å². The molecule has 1 fully saturated rings. The van der Waals surface area contributed by atoms with E-state index in [4.69, 9.17) is 23.7 Å². The van der Waals surface area contributed by atoms with Gasteiger partial charge < -0.3 is 23.7 Å². The molecule has 8 nitrogen and oxygen atoms in total. The third-order valence-electron chi connectivity index (χ3n) is 6.54. The molecule has 0 radical (unpaired) electrons. The zero-order valence-electron chi connectivity index (χ0n) is 23.4. The largest absolute Gasteiger partial charge is 0.494 e. The van der Waals surface area contributed by atoms with Gasteiger partial charge in [-0.2, -0.15) is 0 Å². The molecule has 0 bridgehead atoms. The van der Waals surface area contributed by atoms with Gasteiger partial charge >= 0.3 is 17.9 Å². The first-order valence-electron chi connectivity index (χ1n) is 13.9. The topological polar surface area (TPSA) is 97.4 Å². The Morgan fingerprint density at radius 3 is 1.93 bits per heavy atom. The maximum atomic E-state index is 12.6. The molecule has 1 aliphatic rings. The predicted octanol–water partition coefficient (Wildman–Crippen LogP) is 6.49. The molecule has 42 heavy (non-hydrogen) atoms. The van der Waals surface area contributed by atoms with Crippen molar-refractivity contribution in [3.05, 3.63) is 103 Å². The molecule has 4 rings (SSSR count). The van der Waals surface area contributed by atoms with Gasteiger partial charge in [0.1, 0.15) is 23.4 Å². The quantitative estimate of drug-likeness (QED) is 0.0885. The lowest BCUT2D eigenvalue weighted by Gasteiger charge is -2.10. The Labute approximate surface area is 245 Å². The van der Waals surface area contributed by atoms with Gasteiger partial charge in [0.05, 0.1) is 25.4 Å². The number of cyclic esters (lactones) is 1. The van der Waals surface area contributed by atoms with Crippen LogP contribution < -0.4 is 14.2 Å². The lowest BCUT2D eigenvalue weighted by atomic mass is 10.1. The maximum absolute atomic E-state index is 12.6. The van der Waals surface area contributed by atoms with E-state index in [0.29, 0.717) is 48.7 Å². The molecule has 1 atom stereocenters. The van der Waals surface area contributed by atoms with Crippen molar-refractivity contribution in [1.82, 2.24) is 0 Å². The van der Waals surface area contributed by atoms with Crippen molar-refractivity contribution < 1.29 is 38.1 Å². The number of esters is 3. The molecule has 1 unspecified atom stereocenters. The van der Waals surface area contributed by atoms with E-state index in [1.807, 2.05) is 36.4 Å². The number of rotatable bonds is 15. The van der Waals surface area contributed by atoms with Crippen LogP contribution in [0, 0.1) is 0 Å². The molecule has 1 saturated heterocycles. The summed E-state index contributed by atoms with van der Waals surface area (Å²) in [5.41, 5.74) is 2.92. The number of benzene rings is 3. The highest BCUT2D eigenvalue weighted by Crippen LogP contribution is 2.26. The van der Waals surface area contributed by atoms with Gasteiger partial charge in [0, 0.05) is 24.5 Å². The van der Waals surface area contributed by atoms with E-state index in [2.05, 4.69) is 13.2 Å². The van der Waals surface area contributed by atoms with Crippen LogP contribution in [0.1, 0.15) is 42.5 Å². The smallest absolute Gasteiger partial charge is 0.343 e. The minimum Gasteiger partial charge on any atom is -0.494 e. The Morgan fingerprint density at radius 2 is 1.36 bits per heavy atom. The number of ether oxygens (including phenoxy) is 5. The Kier molecular flexibility index (Phi) is 10.9. The van der Waals surface area contributed by atoms with E-state index in [0.717, 1.165) is 42.2 Å². The van der Waals surface area contributed by atoms with Gasteiger partial charge in [-0.1, -0.05) is 37.4 Å². The summed E-state index contributed by atoms with van der Waals surface area (Å²) in [4.78, 5) is 35.0. The summed E-state index contributed by atoms with van der Waals surface area (Å²) in [5, 5.41) is 0. The third-order valence-corrected chi connectivity index (χ3v) is 6.54. The van der Waals surface area contributed by atoms with Crippen LogP contribution in [0.3, 0.4) is 0 Å². The highest BCUT2D eigenvalue weighted by atomic mass is 16.6. The second-order valence-electron chi connectivity index (χ2n) is 9.72. The van der Waals surface area contributed by atoms with Crippen molar-refractivity contribution in [3.63, 3.8) is 0 Å². The summed E-state index contributed by atoms with van der Waals surface area (Å²) in [6.07, 6.45) is 4.75. The van der Waals surface area contributed by atoms with Crippen molar-refractivity contribution in [3.8, 4) is 28.4 Å². The van der Waals surface area contributed by atoms with Gasteiger partial charge in [-0.15, -0.1) is 0 Å². The molecule has 3 aromatic carbocycles. The van der Waals surface area contributed by atoms with Crippen molar-refractivity contribution in [2.24, 2.45) is 0 Å². The number of carbonyl (C=O) groups is 3. The number of carbonyl (C=O) groups excluding carboxylic acids is 3. The van der Waals surface area contributed by atoms with E-state index in [-0.39, 0.29) is 18.7 Å². The first kappa shape index (κ1) is 30.1. The summed E-state index contributed by atoms with van der Waals surface area (Å²) in [6.45, 7) is 8.29. The lowest BCUT2D eigenvalue weighted by molar-refractivity contribution is -0.139. The molecule has 0 aromatic heterocycles. The minimum absolute atomic E-state index is 0.0709. The first-order valence-corrected chi connectivity index (χ1v) is 13.9. The second-order valence-corrected chi connectivity index (χ2v) is 9.72. The van der Waals surface area contributed by atoms with Crippen LogP contribution in [-0.4, -0.2) is 43.8 Å². The van der Waals surface area contributed by atoms with Crippen LogP contribution in [-0.2, 0) is 19.1 Å². The SMILES string of the molecule is C=CC(=O)OCCCOc1ccc(-c2ccc(OC(=O)c3ccc(OCCCCC4CC(=C)C(=O)O4)cc3)cc2)cc1. The van der Waals surface area contributed by atoms with Crippen molar-refractivity contribution in [1.29, 1.82) is 0 Å². The third kappa shape index (κ3) is 9.09. The highest BCUT2D eigenvalue weighted by molar-refractivity contribution is 5.91. The summed E-state index contributed by atoms with van der Waals surface area (Å²) >= 11 is 0. The molecule has 0 aliphatic carbocycles. The molecule has 0 spiro atoms. The van der Waals surface area contributed by atoms with E-state index in [1.165, 1.54) is 0 Å². The van der Waals surface area contributed by atoms with Crippen LogP contribution in [0.5, 0.6) is 17.2 Å². The first-order chi connectivity index (χ1) is 20.4. The fraction of sp³-hybridized carbons (Fsp3) is 0.265. The molecule has 1 aliphatic heterocycles. The monoisotopic (exact) mass is 570 g/mol. The van der Waals surface area contributed by atoms with Crippen molar-refractivity contribution >= 4 is 17.9 Å². The average molecular weight is 571 g/mol. The summed E-state index contributed by atoms with van der Waals surface area (Å²) in [6, 6.07) is 21.7. The van der Waals surface area contributed by atoms with Crippen molar-refractivity contribution in [2.45, 2.75) is 38.2 Å². The molecule has 8 heteroatoms. The van der Waals surface area contributed by atoms with E-state index in [9.17, 15) is 14.4 Å². The lowest BCUT2D eigenvalue weighted by Crippen LogP contribution is -2.08. The Morgan fingerprint density at radius 1 is 0.786 bits per heavy atom. The Hall–Kier alpha value is -4.85. The van der Waals surface area contributed by atoms with Gasteiger partial charge in [-0.3, -0.25) is 0 Å². The number of hydrogen-bond donors (Lipinski definition) is 0. The normalized spacial score (nSPS) is 14.1. The molecule has 0 saturated carbocycles. The highest BCUT2D eigenvalue weighted by Gasteiger charge is 2.26. The Bertz CT molecular complexity index is 1360. The van der Waals surface area contributed by atoms with Gasteiger partial charge in [0.2, 0.25) is 0 Å². The zero-order chi connectivity index (χ0) is 29.7. The standard InChI is InChI=1S/C34H34O8/c1-3-32(35)40-22-6-21-39-28-14-8-25(9-15-28)26-10-18-30(19-11-26)41-34(37)27-12-16-29(17-13-27)38-20-5-4-7-31-23-24(2)33(36)42-31/h3,8-19,31H,1-2,4-7,20-23H2. The molecular weight excluding hydrogens is 536 g/mol. The molecule has 0 N–H and O–H groups in total.